The van der Waals surface area contributed by atoms with Crippen molar-refractivity contribution in [1.29, 1.82) is 0 Å². The van der Waals surface area contributed by atoms with Crippen LogP contribution in [0.1, 0.15) is 44.6 Å². The molecule has 1 aliphatic rings. The van der Waals surface area contributed by atoms with Gasteiger partial charge in [0.15, 0.2) is 6.10 Å². The summed E-state index contributed by atoms with van der Waals surface area (Å²) < 4.78 is 5.23. The number of carbonyl (C=O) groups is 2. The second-order valence-corrected chi connectivity index (χ2v) is 5.85. The van der Waals surface area contributed by atoms with Crippen molar-refractivity contribution < 1.29 is 14.3 Å². The number of rotatable bonds is 5. The lowest BCUT2D eigenvalue weighted by molar-refractivity contribution is -0.154. The normalized spacial score (nSPS) is 16.5. The monoisotopic (exact) mass is 289 g/mol. The summed E-state index contributed by atoms with van der Waals surface area (Å²) in [5, 5.41) is 2.77. The summed E-state index contributed by atoms with van der Waals surface area (Å²) in [5.41, 5.74) is 1.79. The average Bonchev–Trinajstić information content (AvgIpc) is 2.91. The van der Waals surface area contributed by atoms with E-state index < -0.39 is 6.10 Å². The molecular formula is C17H23NO3. The van der Waals surface area contributed by atoms with Crippen molar-refractivity contribution in [3.05, 3.63) is 29.8 Å². The number of aryl methyl sites for hydroxylation is 1. The standard InChI is InChI=1S/C17H23NO3/c1-12-6-5-9-15(10-12)18-17(20)13(2)21-16(19)11-14-7-3-4-8-14/h5-6,9-10,13-14H,3-4,7-8,11H2,1-2H3,(H,18,20). The molecule has 1 aliphatic carbocycles. The first-order valence-corrected chi connectivity index (χ1v) is 7.61. The smallest absolute Gasteiger partial charge is 0.306 e. The molecule has 4 nitrogen and oxygen atoms in total. The largest absolute Gasteiger partial charge is 0.453 e. The van der Waals surface area contributed by atoms with Crippen molar-refractivity contribution in [3.63, 3.8) is 0 Å². The Bertz CT molecular complexity index is 507. The highest BCUT2D eigenvalue weighted by Crippen LogP contribution is 2.27. The van der Waals surface area contributed by atoms with Gasteiger partial charge in [0.25, 0.3) is 5.91 Å². The molecule has 1 fully saturated rings. The first kappa shape index (κ1) is 15.5. The highest BCUT2D eigenvalue weighted by atomic mass is 16.5. The van der Waals surface area contributed by atoms with E-state index in [1.54, 1.807) is 6.92 Å². The molecule has 0 radical (unpaired) electrons. The number of benzene rings is 1. The third kappa shape index (κ3) is 4.88. The first-order valence-electron chi connectivity index (χ1n) is 7.61. The minimum absolute atomic E-state index is 0.270. The molecule has 1 amide bonds. The number of hydrogen-bond donors (Lipinski definition) is 1. The van der Waals surface area contributed by atoms with Crippen LogP contribution in [0, 0.1) is 12.8 Å². The minimum Gasteiger partial charge on any atom is -0.453 e. The Morgan fingerprint density at radius 1 is 1.33 bits per heavy atom. The van der Waals surface area contributed by atoms with Gasteiger partial charge in [0.1, 0.15) is 0 Å². The van der Waals surface area contributed by atoms with Crippen molar-refractivity contribution in [3.8, 4) is 0 Å². The number of amides is 1. The molecule has 0 aromatic heterocycles. The lowest BCUT2D eigenvalue weighted by Gasteiger charge is -2.15. The molecule has 2 rings (SSSR count). The van der Waals surface area contributed by atoms with Crippen LogP contribution < -0.4 is 5.32 Å². The van der Waals surface area contributed by atoms with Gasteiger partial charge in [0.05, 0.1) is 0 Å². The summed E-state index contributed by atoms with van der Waals surface area (Å²) in [7, 11) is 0. The molecule has 0 saturated heterocycles. The van der Waals surface area contributed by atoms with Crippen molar-refractivity contribution in [2.24, 2.45) is 5.92 Å². The zero-order valence-electron chi connectivity index (χ0n) is 12.7. The van der Waals surface area contributed by atoms with Crippen LogP contribution in [0.3, 0.4) is 0 Å². The molecule has 1 atom stereocenters. The summed E-state index contributed by atoms with van der Waals surface area (Å²) >= 11 is 0. The quantitative estimate of drug-likeness (QED) is 0.845. The number of nitrogens with one attached hydrogen (secondary N) is 1. The molecule has 1 aromatic carbocycles. The molecule has 1 aromatic rings. The van der Waals surface area contributed by atoms with Gasteiger partial charge in [-0.3, -0.25) is 9.59 Å². The van der Waals surface area contributed by atoms with E-state index in [4.69, 9.17) is 4.74 Å². The summed E-state index contributed by atoms with van der Waals surface area (Å²) in [4.78, 5) is 23.8. The Morgan fingerprint density at radius 2 is 2.05 bits per heavy atom. The Morgan fingerprint density at radius 3 is 2.71 bits per heavy atom. The Balaban J connectivity index is 1.80. The van der Waals surface area contributed by atoms with Gasteiger partial charge < -0.3 is 10.1 Å². The fraction of sp³-hybridized carbons (Fsp3) is 0.529. The van der Waals surface area contributed by atoms with Crippen LogP contribution in [0.2, 0.25) is 0 Å². The van der Waals surface area contributed by atoms with Gasteiger partial charge in [-0.2, -0.15) is 0 Å². The van der Waals surface area contributed by atoms with Crippen LogP contribution in [0.25, 0.3) is 0 Å². The Labute approximate surface area is 125 Å². The van der Waals surface area contributed by atoms with Gasteiger partial charge in [0.2, 0.25) is 0 Å². The minimum atomic E-state index is -0.764. The number of anilines is 1. The summed E-state index contributed by atoms with van der Waals surface area (Å²) in [6.45, 7) is 3.57. The molecule has 1 N–H and O–H groups in total. The van der Waals surface area contributed by atoms with E-state index in [-0.39, 0.29) is 11.9 Å². The number of hydrogen-bond acceptors (Lipinski definition) is 3. The van der Waals surface area contributed by atoms with E-state index in [0.717, 1.165) is 24.1 Å². The van der Waals surface area contributed by atoms with E-state index in [2.05, 4.69) is 5.32 Å². The third-order valence-corrected chi connectivity index (χ3v) is 3.89. The van der Waals surface area contributed by atoms with Gasteiger partial charge >= 0.3 is 5.97 Å². The molecule has 114 valence electrons. The van der Waals surface area contributed by atoms with Crippen molar-refractivity contribution in [2.75, 3.05) is 5.32 Å². The van der Waals surface area contributed by atoms with Crippen LogP contribution in [0.4, 0.5) is 5.69 Å². The summed E-state index contributed by atoms with van der Waals surface area (Å²) in [6, 6.07) is 7.53. The molecule has 21 heavy (non-hydrogen) atoms. The van der Waals surface area contributed by atoms with Crippen molar-refractivity contribution in [1.82, 2.24) is 0 Å². The molecule has 1 unspecified atom stereocenters. The maximum atomic E-state index is 12.0. The molecule has 0 aliphatic heterocycles. The van der Waals surface area contributed by atoms with E-state index >= 15 is 0 Å². The van der Waals surface area contributed by atoms with Gasteiger partial charge in [0, 0.05) is 12.1 Å². The molecule has 0 bridgehead atoms. The lowest BCUT2D eigenvalue weighted by Crippen LogP contribution is -2.30. The molecule has 1 saturated carbocycles. The van der Waals surface area contributed by atoms with Crippen molar-refractivity contribution >= 4 is 17.6 Å². The molecular weight excluding hydrogens is 266 g/mol. The van der Waals surface area contributed by atoms with Crippen LogP contribution in [0.15, 0.2) is 24.3 Å². The second-order valence-electron chi connectivity index (χ2n) is 5.85. The van der Waals surface area contributed by atoms with E-state index in [0.29, 0.717) is 12.3 Å². The first-order chi connectivity index (χ1) is 10.0. The highest BCUT2D eigenvalue weighted by molar-refractivity contribution is 5.95. The molecule has 0 heterocycles. The number of esters is 1. The predicted molar refractivity (Wildman–Crippen MR) is 81.9 cm³/mol. The highest BCUT2D eigenvalue weighted by Gasteiger charge is 2.23. The Hall–Kier alpha value is -1.84. The number of carbonyl (C=O) groups excluding carboxylic acids is 2. The van der Waals surface area contributed by atoms with Gasteiger partial charge in [-0.1, -0.05) is 25.0 Å². The topological polar surface area (TPSA) is 55.4 Å². The fourth-order valence-corrected chi connectivity index (χ4v) is 2.72. The van der Waals surface area contributed by atoms with Crippen molar-refractivity contribution in [2.45, 2.75) is 52.1 Å². The van der Waals surface area contributed by atoms with Crippen LogP contribution in [-0.2, 0) is 14.3 Å². The van der Waals surface area contributed by atoms with Crippen LogP contribution >= 0.6 is 0 Å². The maximum absolute atomic E-state index is 12.0. The van der Waals surface area contributed by atoms with E-state index in [1.807, 2.05) is 31.2 Å². The van der Waals surface area contributed by atoms with E-state index in [9.17, 15) is 9.59 Å². The number of ether oxygens (including phenoxy) is 1. The SMILES string of the molecule is Cc1cccc(NC(=O)C(C)OC(=O)CC2CCCC2)c1. The predicted octanol–water partition coefficient (Wildman–Crippen LogP) is 3.45. The molecule has 0 spiro atoms. The van der Waals surface area contributed by atoms with E-state index in [1.165, 1.54) is 12.8 Å². The van der Waals surface area contributed by atoms with Gasteiger partial charge in [-0.05, 0) is 50.3 Å². The third-order valence-electron chi connectivity index (χ3n) is 3.89. The maximum Gasteiger partial charge on any atom is 0.306 e. The van der Waals surface area contributed by atoms with Gasteiger partial charge in [-0.25, -0.2) is 0 Å². The zero-order chi connectivity index (χ0) is 15.2. The lowest BCUT2D eigenvalue weighted by atomic mass is 10.0. The zero-order valence-corrected chi connectivity index (χ0v) is 12.7. The fourth-order valence-electron chi connectivity index (χ4n) is 2.72. The second kappa shape index (κ2) is 7.25. The van der Waals surface area contributed by atoms with Crippen LogP contribution in [0.5, 0.6) is 0 Å². The van der Waals surface area contributed by atoms with Gasteiger partial charge in [-0.15, -0.1) is 0 Å². The summed E-state index contributed by atoms with van der Waals surface area (Å²) in [5.74, 6) is -0.126. The average molecular weight is 289 g/mol. The molecule has 4 heteroatoms. The van der Waals surface area contributed by atoms with Crippen LogP contribution in [-0.4, -0.2) is 18.0 Å². The Kier molecular flexibility index (Phi) is 5.37. The summed E-state index contributed by atoms with van der Waals surface area (Å²) in [6.07, 6.45) is 4.25.